The summed E-state index contributed by atoms with van der Waals surface area (Å²) in [6.45, 7) is 0. The Labute approximate surface area is 143 Å². The number of benzene rings is 2. The normalized spacial score (nSPS) is 10.6. The largest absolute Gasteiger partial charge is 0.496 e. The Hall–Kier alpha value is -2.79. The second kappa shape index (κ2) is 6.37. The summed E-state index contributed by atoms with van der Waals surface area (Å²) in [5.74, 6) is -0.446. The maximum Gasteiger partial charge on any atom is 0.340 e. The van der Waals surface area contributed by atoms with Crippen molar-refractivity contribution in [2.24, 2.45) is 0 Å². The average Bonchev–Trinajstić information content (AvgIpc) is 3.00. The van der Waals surface area contributed by atoms with Crippen LogP contribution >= 0.6 is 11.6 Å². The zero-order chi connectivity index (χ0) is 17.3. The smallest absolute Gasteiger partial charge is 0.340 e. The summed E-state index contributed by atoms with van der Waals surface area (Å²) in [4.78, 5) is 25.0. The molecule has 0 spiro atoms. The van der Waals surface area contributed by atoms with Crippen molar-refractivity contribution in [2.45, 2.75) is 0 Å². The molecule has 1 heterocycles. The number of halogens is 1. The number of esters is 1. The van der Waals surface area contributed by atoms with Gasteiger partial charge in [0.25, 0.3) is 5.91 Å². The topological polar surface area (TPSA) is 57.5 Å². The number of carbonyl (C=O) groups excluding carboxylic acids is 2. The van der Waals surface area contributed by atoms with E-state index in [1.54, 1.807) is 36.4 Å². The lowest BCUT2D eigenvalue weighted by molar-refractivity contribution is 0.0603. The van der Waals surface area contributed by atoms with E-state index in [1.165, 1.54) is 31.0 Å². The van der Waals surface area contributed by atoms with Crippen LogP contribution in [0.25, 0.3) is 10.9 Å². The molecule has 0 unspecified atom stereocenters. The van der Waals surface area contributed by atoms with E-state index in [0.29, 0.717) is 32.8 Å². The van der Waals surface area contributed by atoms with Crippen LogP contribution in [0, 0.1) is 0 Å². The summed E-state index contributed by atoms with van der Waals surface area (Å²) in [5.41, 5.74) is 1.23. The van der Waals surface area contributed by atoms with Gasteiger partial charge in [-0.05, 0) is 24.3 Å². The molecule has 0 saturated heterocycles. The number of hydrogen-bond acceptors (Lipinski definition) is 4. The van der Waals surface area contributed by atoms with E-state index in [1.807, 2.05) is 0 Å². The van der Waals surface area contributed by atoms with E-state index in [4.69, 9.17) is 21.1 Å². The Morgan fingerprint density at radius 3 is 2.50 bits per heavy atom. The summed E-state index contributed by atoms with van der Waals surface area (Å²) in [6, 6.07) is 11.9. The third-order valence-electron chi connectivity index (χ3n) is 3.73. The molecule has 3 rings (SSSR count). The van der Waals surface area contributed by atoms with Crippen molar-refractivity contribution in [1.29, 1.82) is 0 Å². The highest BCUT2D eigenvalue weighted by Gasteiger charge is 2.21. The van der Waals surface area contributed by atoms with Gasteiger partial charge in [0.15, 0.2) is 0 Å². The van der Waals surface area contributed by atoms with Gasteiger partial charge in [-0.2, -0.15) is 0 Å². The third-order valence-corrected chi connectivity index (χ3v) is 3.96. The standard InChI is InChI=1S/C18H14ClNO4/c1-23-16-8-7-11(19)9-13(16)17(21)20-10-14(18(22)24-2)12-5-3-4-6-15(12)20/h3-10H,1-2H3. The van der Waals surface area contributed by atoms with E-state index in [9.17, 15) is 9.59 Å². The summed E-state index contributed by atoms with van der Waals surface area (Å²) in [5, 5.41) is 1.06. The van der Waals surface area contributed by atoms with Gasteiger partial charge in [0, 0.05) is 16.6 Å². The van der Waals surface area contributed by atoms with Crippen LogP contribution in [0.4, 0.5) is 0 Å². The van der Waals surface area contributed by atoms with Gasteiger partial charge in [-0.1, -0.05) is 29.8 Å². The van der Waals surface area contributed by atoms with Gasteiger partial charge in [-0.15, -0.1) is 0 Å². The van der Waals surface area contributed by atoms with Crippen LogP contribution < -0.4 is 4.74 Å². The van der Waals surface area contributed by atoms with E-state index < -0.39 is 5.97 Å². The van der Waals surface area contributed by atoms with Gasteiger partial charge >= 0.3 is 5.97 Å². The lowest BCUT2D eigenvalue weighted by atomic mass is 10.1. The second-order valence-electron chi connectivity index (χ2n) is 5.07. The van der Waals surface area contributed by atoms with Gasteiger partial charge in [0.2, 0.25) is 0 Å². The average molecular weight is 344 g/mol. The Balaban J connectivity index is 2.22. The zero-order valence-electron chi connectivity index (χ0n) is 13.1. The fourth-order valence-electron chi connectivity index (χ4n) is 2.60. The van der Waals surface area contributed by atoms with Gasteiger partial charge < -0.3 is 9.47 Å². The molecular formula is C18H14ClNO4. The van der Waals surface area contributed by atoms with E-state index in [2.05, 4.69) is 0 Å². The van der Waals surface area contributed by atoms with E-state index in [-0.39, 0.29) is 5.91 Å². The summed E-state index contributed by atoms with van der Waals surface area (Å²) in [6.07, 6.45) is 1.47. The van der Waals surface area contributed by atoms with E-state index >= 15 is 0 Å². The lowest BCUT2D eigenvalue weighted by Crippen LogP contribution is -2.12. The van der Waals surface area contributed by atoms with Crippen LogP contribution in [0.3, 0.4) is 0 Å². The first-order valence-electron chi connectivity index (χ1n) is 7.13. The molecule has 1 aromatic heterocycles. The number of aromatic nitrogens is 1. The molecule has 0 aliphatic heterocycles. The molecule has 0 bridgehead atoms. The molecule has 6 heteroatoms. The maximum absolute atomic E-state index is 13.0. The van der Waals surface area contributed by atoms with Crippen LogP contribution in [0.2, 0.25) is 5.02 Å². The molecule has 3 aromatic rings. The Morgan fingerprint density at radius 1 is 1.04 bits per heavy atom. The molecule has 0 fully saturated rings. The number of rotatable bonds is 3. The summed E-state index contributed by atoms with van der Waals surface area (Å²) >= 11 is 6.01. The first-order valence-corrected chi connectivity index (χ1v) is 7.51. The van der Waals surface area contributed by atoms with Crippen molar-refractivity contribution in [2.75, 3.05) is 14.2 Å². The van der Waals surface area contributed by atoms with Gasteiger partial charge in [-0.25, -0.2) is 4.79 Å². The summed E-state index contributed by atoms with van der Waals surface area (Å²) in [7, 11) is 2.78. The molecule has 0 saturated carbocycles. The molecule has 0 aliphatic rings. The number of carbonyl (C=O) groups is 2. The van der Waals surface area contributed by atoms with Crippen molar-refractivity contribution >= 4 is 34.4 Å². The monoisotopic (exact) mass is 343 g/mol. The molecular weight excluding hydrogens is 330 g/mol. The molecule has 5 nitrogen and oxygen atoms in total. The number of hydrogen-bond donors (Lipinski definition) is 0. The molecule has 0 amide bonds. The van der Waals surface area contributed by atoms with Crippen molar-refractivity contribution in [3.8, 4) is 5.75 Å². The molecule has 0 N–H and O–H groups in total. The third kappa shape index (κ3) is 2.63. The Kier molecular flexibility index (Phi) is 4.27. The Bertz CT molecular complexity index is 945. The number of ether oxygens (including phenoxy) is 2. The molecule has 2 aromatic carbocycles. The first kappa shape index (κ1) is 16.1. The molecule has 0 radical (unpaired) electrons. The van der Waals surface area contributed by atoms with Gasteiger partial charge in [-0.3, -0.25) is 9.36 Å². The Morgan fingerprint density at radius 2 is 1.79 bits per heavy atom. The predicted octanol–water partition coefficient (Wildman–Crippen LogP) is 3.78. The van der Waals surface area contributed by atoms with Crippen molar-refractivity contribution in [3.05, 3.63) is 64.8 Å². The predicted molar refractivity (Wildman–Crippen MR) is 91.0 cm³/mol. The van der Waals surface area contributed by atoms with Crippen molar-refractivity contribution in [1.82, 2.24) is 4.57 Å². The van der Waals surface area contributed by atoms with E-state index in [0.717, 1.165) is 0 Å². The lowest BCUT2D eigenvalue weighted by Gasteiger charge is -2.09. The minimum Gasteiger partial charge on any atom is -0.496 e. The van der Waals surface area contributed by atoms with Crippen LogP contribution in [0.1, 0.15) is 20.7 Å². The van der Waals surface area contributed by atoms with Crippen LogP contribution in [0.15, 0.2) is 48.7 Å². The quantitative estimate of drug-likeness (QED) is 0.679. The highest BCUT2D eigenvalue weighted by atomic mass is 35.5. The van der Waals surface area contributed by atoms with Crippen LogP contribution in [0.5, 0.6) is 5.75 Å². The first-order chi connectivity index (χ1) is 11.6. The maximum atomic E-state index is 13.0. The number of fused-ring (bicyclic) bond motifs is 1. The number of methoxy groups -OCH3 is 2. The highest BCUT2D eigenvalue weighted by Crippen LogP contribution is 2.27. The van der Waals surface area contributed by atoms with Crippen molar-refractivity contribution in [3.63, 3.8) is 0 Å². The number of para-hydroxylation sites is 1. The number of nitrogens with zero attached hydrogens (tertiary/aromatic N) is 1. The molecule has 0 aliphatic carbocycles. The minimum atomic E-state index is -0.504. The summed E-state index contributed by atoms with van der Waals surface area (Å²) < 4.78 is 11.4. The minimum absolute atomic E-state index is 0.308. The molecule has 24 heavy (non-hydrogen) atoms. The SMILES string of the molecule is COC(=O)c1cn(C(=O)c2cc(Cl)ccc2OC)c2ccccc12. The fourth-order valence-corrected chi connectivity index (χ4v) is 2.77. The van der Waals surface area contributed by atoms with Crippen molar-refractivity contribution < 1.29 is 19.1 Å². The van der Waals surface area contributed by atoms with Gasteiger partial charge in [0.05, 0.1) is 30.9 Å². The fraction of sp³-hybridized carbons (Fsp3) is 0.111. The molecule has 0 atom stereocenters. The van der Waals surface area contributed by atoms with Gasteiger partial charge in [0.1, 0.15) is 5.75 Å². The van der Waals surface area contributed by atoms with Crippen LogP contribution in [-0.4, -0.2) is 30.7 Å². The zero-order valence-corrected chi connectivity index (χ0v) is 13.8. The second-order valence-corrected chi connectivity index (χ2v) is 5.51. The molecule has 122 valence electrons. The highest BCUT2D eigenvalue weighted by molar-refractivity contribution is 6.31. The van der Waals surface area contributed by atoms with Crippen LogP contribution in [-0.2, 0) is 4.74 Å².